The number of pyridine rings is 1. The second kappa shape index (κ2) is 16.8. The van der Waals surface area contributed by atoms with E-state index >= 15 is 0 Å². The predicted molar refractivity (Wildman–Crippen MR) is 224 cm³/mol. The summed E-state index contributed by atoms with van der Waals surface area (Å²) in [7, 11) is -1.87. The molecule has 5 heterocycles. The molecule has 1 aromatic heterocycles. The number of nitrogens with one attached hydrogen (secondary N) is 3. The topological polar surface area (TPSA) is 186 Å². The summed E-state index contributed by atoms with van der Waals surface area (Å²) in [4.78, 5) is 65.5. The number of carbonyl (C=O) groups excluding carboxylic acids is 4. The van der Waals surface area contributed by atoms with E-state index in [2.05, 4.69) is 33.9 Å². The molecule has 2 saturated carbocycles. The van der Waals surface area contributed by atoms with Gasteiger partial charge in [-0.2, -0.15) is 0 Å². The molecule has 8 rings (SSSR count). The van der Waals surface area contributed by atoms with Gasteiger partial charge < -0.3 is 4.90 Å². The number of benzene rings is 1. The molecule has 1 unspecified atom stereocenters. The maximum atomic E-state index is 14.9. The zero-order chi connectivity index (χ0) is 43.5. The standard InChI is InChI=1S/C44H60IN6O9S/c1-7-34-44(45-34,40(54)49-61(56,57)43(5)18-19-43)48-37(52)32-22-28-24-51(32)39(53)36(42(2,3)4)47-41(55)60-33-21-27(33)13-9-8-10-15-30-35(58-25-26-17-20-50(6)23-26)29-14-11-12-16-31(29)46-38(30)59-28/h7,11-12,14,16,26-28,32-34,36H,1,8-10,13,15,17-25H2,2-6H3,(H,47,55)(H,48,52)(H,49,54)/q-1/t26?,27-,28-,32+,33-,34+,36-,44-/m1/s1. The van der Waals surface area contributed by atoms with E-state index in [1.807, 2.05) is 45.0 Å². The van der Waals surface area contributed by atoms with E-state index in [4.69, 9.17) is 19.2 Å². The van der Waals surface area contributed by atoms with Gasteiger partial charge in [-0.1, -0.05) is 12.5 Å². The van der Waals surface area contributed by atoms with E-state index in [0.29, 0.717) is 43.2 Å². The molecule has 3 saturated heterocycles. The predicted octanol–water partition coefficient (Wildman–Crippen LogP) is 1.03. The van der Waals surface area contributed by atoms with Crippen molar-refractivity contribution < 1.29 is 63.0 Å². The van der Waals surface area contributed by atoms with Crippen LogP contribution in [0.15, 0.2) is 36.9 Å². The van der Waals surface area contributed by atoms with Crippen LogP contribution in [0.25, 0.3) is 10.9 Å². The Kier molecular flexibility index (Phi) is 12.1. The maximum absolute atomic E-state index is 14.9. The van der Waals surface area contributed by atoms with Crippen LogP contribution in [0.1, 0.15) is 91.0 Å². The van der Waals surface area contributed by atoms with Crippen LogP contribution in [-0.4, -0.2) is 117 Å². The Bertz CT molecular complexity index is 2200. The summed E-state index contributed by atoms with van der Waals surface area (Å²) in [6.45, 7) is 13.5. The third-order valence-electron chi connectivity index (χ3n) is 13.3. The number of likely N-dealkylation sites (tertiary alicyclic amines) is 1. The van der Waals surface area contributed by atoms with E-state index in [9.17, 15) is 27.6 Å². The van der Waals surface area contributed by atoms with Gasteiger partial charge in [-0.3, -0.25) is 0 Å². The number of aromatic nitrogens is 1. The molecule has 17 heteroatoms. The molecule has 2 aromatic rings. The fraction of sp³-hybridized carbons (Fsp3) is 0.659. The Labute approximate surface area is 369 Å². The van der Waals surface area contributed by atoms with E-state index in [-0.39, 0.29) is 25.0 Å². The van der Waals surface area contributed by atoms with Gasteiger partial charge in [0.05, 0.1) is 0 Å². The molecule has 334 valence electrons. The first kappa shape index (κ1) is 43.9. The average molecular weight is 976 g/mol. The number of nitrogens with zero attached hydrogens (tertiary/aromatic N) is 3. The number of amides is 4. The van der Waals surface area contributed by atoms with Gasteiger partial charge in [0.2, 0.25) is 0 Å². The number of sulfonamides is 1. The number of para-hydroxylation sites is 1. The first-order valence-corrected chi connectivity index (χ1v) is 25.6. The summed E-state index contributed by atoms with van der Waals surface area (Å²) >= 11 is -1.07. The summed E-state index contributed by atoms with van der Waals surface area (Å²) in [5, 5.41) is 6.65. The van der Waals surface area contributed by atoms with Gasteiger partial charge in [0.25, 0.3) is 0 Å². The number of hydrogen-bond acceptors (Lipinski definition) is 11. The minimum absolute atomic E-state index is 0.0185. The molecule has 0 radical (unpaired) electrons. The molecule has 3 N–H and O–H groups in total. The van der Waals surface area contributed by atoms with E-state index in [1.54, 1.807) is 13.0 Å². The van der Waals surface area contributed by atoms with E-state index in [1.165, 1.54) is 4.90 Å². The number of alkyl halides is 2. The molecule has 8 atom stereocenters. The molecular formula is C44H60IN6O9S-. The normalized spacial score (nSPS) is 31.7. The van der Waals surface area contributed by atoms with Crippen LogP contribution in [0, 0.1) is 17.3 Å². The zero-order valence-electron chi connectivity index (χ0n) is 35.8. The Balaban J connectivity index is 1.14. The molecule has 15 nitrogen and oxygen atoms in total. The van der Waals surface area contributed by atoms with Crippen LogP contribution < -0.4 is 46.0 Å². The third-order valence-corrected chi connectivity index (χ3v) is 19.3. The fourth-order valence-corrected chi connectivity index (χ4v) is 13.1. The number of fused-ring (bicyclic) bond motifs is 5. The molecule has 6 aliphatic rings. The van der Waals surface area contributed by atoms with Gasteiger partial charge in [0.1, 0.15) is 0 Å². The second-order valence-electron chi connectivity index (χ2n) is 19.3. The molecule has 0 spiro atoms. The van der Waals surface area contributed by atoms with Gasteiger partial charge in [0, 0.05) is 12.5 Å². The van der Waals surface area contributed by atoms with Gasteiger partial charge in [-0.25, -0.2) is 0 Å². The van der Waals surface area contributed by atoms with Crippen molar-refractivity contribution in [3.63, 3.8) is 0 Å². The van der Waals surface area contributed by atoms with Crippen molar-refractivity contribution >= 4 is 44.7 Å². The summed E-state index contributed by atoms with van der Waals surface area (Å²) in [5.74, 6) is -0.146. The van der Waals surface area contributed by atoms with Crippen molar-refractivity contribution in [1.82, 2.24) is 30.1 Å². The number of hydrogen-bond donors (Lipinski definition) is 3. The quantitative estimate of drug-likeness (QED) is 0.141. The summed E-state index contributed by atoms with van der Waals surface area (Å²) in [6, 6.07) is 5.63. The number of halogens is 1. The third kappa shape index (κ3) is 9.20. The van der Waals surface area contributed by atoms with Crippen molar-refractivity contribution in [3.05, 3.63) is 42.5 Å². The van der Waals surface area contributed by atoms with Crippen LogP contribution in [0.2, 0.25) is 0 Å². The molecular weight excluding hydrogens is 915 g/mol. The molecule has 61 heavy (non-hydrogen) atoms. The van der Waals surface area contributed by atoms with Crippen molar-refractivity contribution in [2.75, 3.05) is 33.3 Å². The molecule has 5 fully saturated rings. The van der Waals surface area contributed by atoms with E-state index < -0.39 is 90.9 Å². The number of rotatable bonds is 9. The molecule has 4 aliphatic heterocycles. The Morgan fingerprint density at radius 2 is 1.87 bits per heavy atom. The van der Waals surface area contributed by atoms with Crippen LogP contribution in [0.4, 0.5) is 4.79 Å². The monoisotopic (exact) mass is 975 g/mol. The van der Waals surface area contributed by atoms with Crippen LogP contribution in [0.3, 0.4) is 0 Å². The van der Waals surface area contributed by atoms with Gasteiger partial charge in [-0.15, -0.1) is 0 Å². The van der Waals surface area contributed by atoms with Crippen molar-refractivity contribution in [1.29, 1.82) is 0 Å². The number of carbonyl (C=O) groups is 4. The van der Waals surface area contributed by atoms with Crippen molar-refractivity contribution in [2.45, 2.75) is 128 Å². The second-order valence-corrected chi connectivity index (χ2v) is 25.1. The van der Waals surface area contributed by atoms with Crippen LogP contribution in [-0.2, 0) is 35.6 Å². The van der Waals surface area contributed by atoms with Crippen molar-refractivity contribution in [3.8, 4) is 11.6 Å². The SMILES string of the molecule is C=C[C@@H]1[I-][C@]1(NC(=O)[C@@H]1C[C@@H]2CN1C(=O)[C@H](C(C)(C)C)NC(=O)O[C@@H]1C[C@H]1CCCCCc1c(nc3ccccc3c1OCC1CCN(C)C1)O2)C(=O)NS(=O)(=O)C1(C)CC1. The summed E-state index contributed by atoms with van der Waals surface area (Å²) in [6.07, 6.45) is 6.99. The van der Waals surface area contributed by atoms with Gasteiger partial charge in [-0.05, 0) is 26.4 Å². The summed E-state index contributed by atoms with van der Waals surface area (Å²) in [5.41, 5.74) is 0.758. The number of ether oxygens (including phenoxy) is 3. The Morgan fingerprint density at radius 3 is 2.56 bits per heavy atom. The van der Waals surface area contributed by atoms with Crippen LogP contribution >= 0.6 is 0 Å². The fourth-order valence-electron chi connectivity index (χ4n) is 8.95. The number of alkyl carbamates (subject to hydrolysis) is 1. The summed E-state index contributed by atoms with van der Waals surface area (Å²) < 4.78 is 45.1. The first-order chi connectivity index (χ1) is 28.9. The molecule has 1 aromatic carbocycles. The van der Waals surface area contributed by atoms with Gasteiger partial charge >= 0.3 is 315 Å². The molecule has 2 bridgehead atoms. The molecule has 4 amide bonds. The Morgan fingerprint density at radius 1 is 1.10 bits per heavy atom. The van der Waals surface area contributed by atoms with Crippen molar-refractivity contribution in [2.24, 2.45) is 17.3 Å². The average Bonchev–Trinajstić information content (AvgIpc) is 4.16. The Hall–Kier alpha value is -3.71. The van der Waals surface area contributed by atoms with Crippen LogP contribution in [0.5, 0.6) is 11.6 Å². The van der Waals surface area contributed by atoms with E-state index in [0.717, 1.165) is 68.3 Å². The van der Waals surface area contributed by atoms with Gasteiger partial charge in [0.15, 0.2) is 0 Å². The zero-order valence-corrected chi connectivity index (χ0v) is 38.8. The first-order valence-electron chi connectivity index (χ1n) is 21.7. The molecule has 2 aliphatic carbocycles. The minimum atomic E-state index is -3.99.